The molecule has 0 unspecified atom stereocenters. The van der Waals surface area contributed by atoms with Crippen LogP contribution in [0.4, 0.5) is 26.3 Å². The normalized spacial score (nSPS) is 12.4. The first kappa shape index (κ1) is 99.3. The Bertz CT molecular complexity index is 6630. The number of rotatable bonds is 34. The molecule has 1 aliphatic rings. The van der Waals surface area contributed by atoms with E-state index >= 15 is 0 Å². The first-order valence-corrected chi connectivity index (χ1v) is 44.1. The highest BCUT2D eigenvalue weighted by atomic mass is 35.5. The van der Waals surface area contributed by atoms with Crippen molar-refractivity contribution in [2.45, 2.75) is 136 Å². The van der Waals surface area contributed by atoms with E-state index in [0.717, 1.165) is 122 Å². The van der Waals surface area contributed by atoms with Gasteiger partial charge < -0.3 is 45.0 Å². The molecule has 29 nitrogen and oxygen atoms in total. The predicted molar refractivity (Wildman–Crippen MR) is 496 cm³/mol. The van der Waals surface area contributed by atoms with Crippen molar-refractivity contribution in [3.05, 3.63) is 295 Å². The third-order valence-corrected chi connectivity index (χ3v) is 23.1. The molecule has 0 radical (unpaired) electrons. The van der Waals surface area contributed by atoms with Gasteiger partial charge in [0.15, 0.2) is 0 Å². The molecule has 0 atom stereocenters. The molecular weight excluding hydrogens is 1750 g/mol. The number of pyridine rings is 5. The number of alkyl halides is 3. The highest BCUT2D eigenvalue weighted by Crippen LogP contribution is 2.33. The minimum absolute atomic E-state index is 0.102. The van der Waals surface area contributed by atoms with Crippen LogP contribution in [0.25, 0.3) is 54.5 Å². The fourth-order valence-electron chi connectivity index (χ4n) is 15.9. The molecule has 5 aromatic carbocycles. The third kappa shape index (κ3) is 26.8. The molecule has 1 saturated heterocycles. The summed E-state index contributed by atoms with van der Waals surface area (Å²) in [6.07, 6.45) is 18.4. The number of likely N-dealkylation sites (N-methyl/N-ethyl adjacent to an activating group) is 1. The molecule has 0 saturated carbocycles. The van der Waals surface area contributed by atoms with Crippen molar-refractivity contribution >= 4 is 96.0 Å². The number of hydrogen-bond donors (Lipinski definition) is 5. The van der Waals surface area contributed by atoms with Crippen LogP contribution < -0.4 is 0 Å². The Hall–Kier alpha value is -13.7. The number of carboxylic acid groups (broad SMARTS) is 5. The summed E-state index contributed by atoms with van der Waals surface area (Å²) in [5, 5.41) is 74.3. The van der Waals surface area contributed by atoms with Crippen molar-refractivity contribution in [1.82, 2.24) is 88.5 Å². The van der Waals surface area contributed by atoms with Crippen LogP contribution in [0.1, 0.15) is 172 Å². The summed E-state index contributed by atoms with van der Waals surface area (Å²) >= 11 is 6.19. The van der Waals surface area contributed by atoms with Crippen LogP contribution >= 0.6 is 11.6 Å². The Balaban J connectivity index is 0.000000151. The number of hydrogen-bond acceptors (Lipinski definition) is 19. The summed E-state index contributed by atoms with van der Waals surface area (Å²) in [6.45, 7) is 11.8. The van der Waals surface area contributed by atoms with Crippen LogP contribution in [0.15, 0.2) is 183 Å². The zero-order valence-electron chi connectivity index (χ0n) is 75.2. The second-order valence-electron chi connectivity index (χ2n) is 33.3. The second-order valence-corrected chi connectivity index (χ2v) is 33.7. The third-order valence-electron chi connectivity index (χ3n) is 22.9. The maximum atomic E-state index is 13.9. The van der Waals surface area contributed by atoms with E-state index in [-0.39, 0.29) is 58.2 Å². The lowest BCUT2D eigenvalue weighted by atomic mass is 9.94. The molecule has 1 fully saturated rings. The van der Waals surface area contributed by atoms with Gasteiger partial charge in [0.2, 0.25) is 0 Å². The van der Waals surface area contributed by atoms with Crippen LogP contribution in [0, 0.1) is 30.3 Å². The molecule has 15 aromatic rings. The number of aryl methyl sites for hydroxylation is 5. The zero-order valence-corrected chi connectivity index (χ0v) is 76.0. The number of aromatic carboxylic acids is 5. The molecule has 0 aliphatic carbocycles. The number of carboxylic acids is 5. The number of benzene rings is 5. The lowest BCUT2D eigenvalue weighted by Crippen LogP contribution is -2.30. The van der Waals surface area contributed by atoms with Gasteiger partial charge in [-0.3, -0.25) is 48.3 Å². The van der Waals surface area contributed by atoms with E-state index < -0.39 is 42.4 Å². The smallest absolute Gasteiger partial charge is 0.390 e. The summed E-state index contributed by atoms with van der Waals surface area (Å²) < 4.78 is 93.8. The molecule has 10 aromatic heterocycles. The second kappa shape index (κ2) is 46.6. The number of ether oxygens (including phenoxy) is 1. The number of nitrogens with zero attached hydrogens (tertiary/aromatic N) is 18. The summed E-state index contributed by atoms with van der Waals surface area (Å²) in [4.78, 5) is 83.9. The molecule has 16 rings (SSSR count). The molecule has 0 bridgehead atoms. The molecular formula is C98H105ClF6N18O11. The first-order valence-electron chi connectivity index (χ1n) is 43.8. The lowest BCUT2D eigenvalue weighted by Gasteiger charge is -2.28. The van der Waals surface area contributed by atoms with Gasteiger partial charge in [-0.05, 0) is 249 Å². The highest BCUT2D eigenvalue weighted by molar-refractivity contribution is 6.31. The van der Waals surface area contributed by atoms with E-state index in [1.165, 1.54) is 134 Å². The molecule has 36 heteroatoms. The molecule has 1 aliphatic heterocycles. The molecule has 11 heterocycles. The van der Waals surface area contributed by atoms with Crippen molar-refractivity contribution in [2.75, 3.05) is 74.6 Å². The number of likely N-dealkylation sites (tertiary alicyclic amines) is 1. The minimum Gasteiger partial charge on any atom is -0.478 e. The van der Waals surface area contributed by atoms with Gasteiger partial charge >= 0.3 is 36.0 Å². The van der Waals surface area contributed by atoms with Crippen LogP contribution in [-0.4, -0.2) is 225 Å². The van der Waals surface area contributed by atoms with E-state index in [9.17, 15) is 75.8 Å². The molecule has 5 N–H and O–H groups in total. The fourth-order valence-corrected chi connectivity index (χ4v) is 16.1. The van der Waals surface area contributed by atoms with Crippen LogP contribution in [0.5, 0.6) is 0 Å². The minimum atomic E-state index is -4.27. The van der Waals surface area contributed by atoms with Crippen molar-refractivity contribution in [3.8, 4) is 0 Å². The van der Waals surface area contributed by atoms with Gasteiger partial charge in [-0.25, -0.2) is 37.1 Å². The monoisotopic (exact) mass is 1860 g/mol. The van der Waals surface area contributed by atoms with E-state index in [1.807, 2.05) is 84.2 Å². The zero-order chi connectivity index (χ0) is 95.9. The Morgan fingerprint density at radius 2 is 0.746 bits per heavy atom. The lowest BCUT2D eigenvalue weighted by molar-refractivity contribution is -0.137. The quantitative estimate of drug-likeness (QED) is 0.0185. The Morgan fingerprint density at radius 3 is 1.10 bits per heavy atom. The van der Waals surface area contributed by atoms with Gasteiger partial charge in [0, 0.05) is 152 Å². The number of fused-ring (bicyclic) bond motifs is 5. The van der Waals surface area contributed by atoms with Crippen molar-refractivity contribution < 1.29 is 80.6 Å². The molecule has 0 amide bonds. The van der Waals surface area contributed by atoms with Crippen LogP contribution in [0.2, 0.25) is 5.02 Å². The average Bonchev–Trinajstić information content (AvgIpc) is 1.66. The van der Waals surface area contributed by atoms with Crippen molar-refractivity contribution in [3.63, 3.8) is 0 Å². The highest BCUT2D eigenvalue weighted by Gasteiger charge is 2.29. The van der Waals surface area contributed by atoms with Gasteiger partial charge in [0.1, 0.15) is 17.5 Å². The topological polar surface area (TPSA) is 359 Å². The fraction of sp³-hybridized carbons (Fsp3) is 0.337. The van der Waals surface area contributed by atoms with Gasteiger partial charge in [-0.2, -0.15) is 38.7 Å². The Kier molecular flexibility index (Phi) is 34.5. The number of unbranched alkanes of at least 4 members (excludes halogenated alkanes) is 2. The van der Waals surface area contributed by atoms with Gasteiger partial charge in [0.25, 0.3) is 0 Å². The van der Waals surface area contributed by atoms with E-state index in [4.69, 9.17) is 26.5 Å². The largest absolute Gasteiger partial charge is 0.478 e. The predicted octanol–water partition coefficient (Wildman–Crippen LogP) is 17.4. The number of aromatic nitrogens is 15. The summed E-state index contributed by atoms with van der Waals surface area (Å²) in [5.41, 5.74) is 12.1. The van der Waals surface area contributed by atoms with Crippen LogP contribution in [0.3, 0.4) is 0 Å². The van der Waals surface area contributed by atoms with Crippen molar-refractivity contribution in [2.24, 2.45) is 5.92 Å². The summed E-state index contributed by atoms with van der Waals surface area (Å²) in [6, 6.07) is 32.2. The average molecular weight is 1860 g/mol. The molecule has 134 heavy (non-hydrogen) atoms. The summed E-state index contributed by atoms with van der Waals surface area (Å²) in [5.74, 6) is -5.39. The molecule has 702 valence electrons. The molecule has 0 spiro atoms. The maximum Gasteiger partial charge on any atom is 0.390 e. The van der Waals surface area contributed by atoms with Crippen molar-refractivity contribution in [1.29, 1.82) is 0 Å². The number of carbonyl (C=O) groups is 5. The number of piperidine rings is 1. The SMILES string of the molecule is CCCCn1nc(Cc2cnccc2C(=O)O)c2cc(F)ccc21.CN(C)CCCCn1nc(Cc2cnccc2C(=O)O)c2cc(F)ccc21.CN(C)CCOCCn1nc(Cc2cnccc2C(=O)O)c2cc(Cl)ccc21.CN1CCC(CCn2nc(Cc3cnccc3C(=O)O)c3cc(F)ccc32)CC1.Cc1ccc2c(c1)c(Cc1cnccc1C(=O)O)nn2CCC(F)(F)F. The van der Waals surface area contributed by atoms with E-state index in [0.29, 0.717) is 129 Å². The van der Waals surface area contributed by atoms with Crippen LogP contribution in [-0.2, 0) is 69.6 Å². The summed E-state index contributed by atoms with van der Waals surface area (Å²) in [7, 11) is 10.2. The standard InChI is InChI=1S/C22H25FN4O2.C20H23ClN4O3.C20H23FN4O2.C18H16F3N3O2.C18H18FN3O2/c1-26-9-5-15(6-10-26)7-11-27-21-3-2-17(23)13-19(21)20(25-27)12-16-14-24-8-4-18(16)22(28)29;1-24(2)7-9-28-10-8-25-19-4-3-15(21)12-17(19)18(23-25)11-14-13-22-6-5-16(14)20(26)27;1-24(2)9-3-4-10-25-19-6-5-15(21)12-17(19)18(23-25)11-14-13-22-8-7-16(14)20(26)27;1-11-2-3-16-14(8-11)15(23-24(16)7-5-18(19,20)21)9-12-10-22-6-4-13(12)17(25)26;1-2-3-8-22-17-5-4-13(19)10-15(17)16(21-22)9-12-11-20-7-6-14(12)18(23)24/h2-4,8,13-15H,5-7,9-12H2,1H3,(H,28,29);3-6,12-13H,7-11H2,1-2H3,(H,26,27);5-8,12-13H,3-4,9-11H2,1-2H3,(H,26,27);2-4,6,8,10H,5,7,9H2,1H3,(H,25,26);4-7,10-11H,2-3,8-9H2,1H3,(H,23,24). The van der Waals surface area contributed by atoms with Gasteiger partial charge in [-0.15, -0.1) is 0 Å². The maximum absolute atomic E-state index is 13.9. The van der Waals surface area contributed by atoms with E-state index in [1.54, 1.807) is 36.7 Å². The first-order chi connectivity index (χ1) is 64.3. The Labute approximate surface area is 773 Å². The number of halogens is 7. The van der Waals surface area contributed by atoms with Gasteiger partial charge in [-0.1, -0.05) is 36.6 Å². The van der Waals surface area contributed by atoms with E-state index in [2.05, 4.69) is 68.9 Å². The Morgan fingerprint density at radius 1 is 0.418 bits per heavy atom. The van der Waals surface area contributed by atoms with Gasteiger partial charge in [0.05, 0.1) is 117 Å².